The van der Waals surface area contributed by atoms with Crippen molar-refractivity contribution in [2.45, 2.75) is 38.6 Å². The van der Waals surface area contributed by atoms with Gasteiger partial charge in [-0.2, -0.15) is 5.26 Å². The molecule has 0 heterocycles. The van der Waals surface area contributed by atoms with Gasteiger partial charge in [0.15, 0.2) is 0 Å². The number of rotatable bonds is 3. The number of anilines is 1. The van der Waals surface area contributed by atoms with Gasteiger partial charge in [0.25, 0.3) is 0 Å². The summed E-state index contributed by atoms with van der Waals surface area (Å²) >= 11 is 0. The van der Waals surface area contributed by atoms with Gasteiger partial charge < -0.3 is 5.32 Å². The van der Waals surface area contributed by atoms with Gasteiger partial charge in [0.05, 0.1) is 11.6 Å². The monoisotopic (exact) mass is 232 g/mol. The molecule has 1 aliphatic carbocycles. The van der Waals surface area contributed by atoms with E-state index in [2.05, 4.69) is 12.2 Å². The first kappa shape index (κ1) is 11.9. The highest BCUT2D eigenvalue weighted by Crippen LogP contribution is 2.29. The van der Waals surface area contributed by atoms with Crippen LogP contribution >= 0.6 is 0 Å². The minimum absolute atomic E-state index is 0.339. The third kappa shape index (κ3) is 2.97. The Kier molecular flexibility index (Phi) is 3.63. The number of hydrogen-bond acceptors (Lipinski definition) is 2. The summed E-state index contributed by atoms with van der Waals surface area (Å²) in [5.41, 5.74) is 1.08. The molecular formula is C14H17FN2. The van der Waals surface area contributed by atoms with E-state index in [4.69, 9.17) is 5.26 Å². The zero-order chi connectivity index (χ0) is 12.3. The van der Waals surface area contributed by atoms with Crippen molar-refractivity contribution in [1.82, 2.24) is 0 Å². The maximum Gasteiger partial charge on any atom is 0.126 e. The topological polar surface area (TPSA) is 35.8 Å². The van der Waals surface area contributed by atoms with Crippen LogP contribution in [0, 0.1) is 23.1 Å². The number of nitrogens with zero attached hydrogens (tertiary/aromatic N) is 1. The normalized spacial score (nSPS) is 17.7. The van der Waals surface area contributed by atoms with Crippen LogP contribution in [0.1, 0.15) is 38.2 Å². The van der Waals surface area contributed by atoms with Crippen LogP contribution in [0.15, 0.2) is 18.2 Å². The van der Waals surface area contributed by atoms with Crippen LogP contribution in [0.3, 0.4) is 0 Å². The van der Waals surface area contributed by atoms with Crippen LogP contribution in [-0.4, -0.2) is 6.04 Å². The van der Waals surface area contributed by atoms with Crippen molar-refractivity contribution in [2.24, 2.45) is 5.92 Å². The summed E-state index contributed by atoms with van der Waals surface area (Å²) in [5, 5.41) is 12.1. The predicted molar refractivity (Wildman–Crippen MR) is 66.2 cm³/mol. The SMILES string of the molecule is CC(Nc1cc(F)cc(C#N)c1)C1CCCC1. The van der Waals surface area contributed by atoms with E-state index in [1.807, 2.05) is 6.07 Å². The lowest BCUT2D eigenvalue weighted by atomic mass is 9.99. The molecule has 1 aliphatic rings. The molecule has 1 unspecified atom stereocenters. The minimum atomic E-state index is -0.356. The summed E-state index contributed by atoms with van der Waals surface area (Å²) in [5.74, 6) is 0.314. The molecule has 0 bridgehead atoms. The molecule has 2 nitrogen and oxygen atoms in total. The van der Waals surface area contributed by atoms with Gasteiger partial charge in [-0.05, 0) is 43.9 Å². The number of nitrogens with one attached hydrogen (secondary N) is 1. The number of halogens is 1. The lowest BCUT2D eigenvalue weighted by molar-refractivity contribution is 0.482. The van der Waals surface area contributed by atoms with E-state index in [9.17, 15) is 4.39 Å². The maximum atomic E-state index is 13.3. The number of hydrogen-bond donors (Lipinski definition) is 1. The second-order valence-corrected chi connectivity index (χ2v) is 4.82. The molecule has 1 aromatic rings. The highest BCUT2D eigenvalue weighted by molar-refractivity contribution is 5.50. The molecule has 90 valence electrons. The summed E-state index contributed by atoms with van der Waals surface area (Å²) < 4.78 is 13.3. The first-order valence-corrected chi connectivity index (χ1v) is 6.16. The fourth-order valence-corrected chi connectivity index (χ4v) is 2.58. The standard InChI is InChI=1S/C14H17FN2/c1-10(12-4-2-3-5-12)17-14-7-11(9-16)6-13(15)8-14/h6-8,10,12,17H,2-5H2,1H3. The predicted octanol–water partition coefficient (Wildman–Crippen LogP) is 3.69. The van der Waals surface area contributed by atoms with Crippen molar-refractivity contribution in [3.05, 3.63) is 29.6 Å². The highest BCUT2D eigenvalue weighted by Gasteiger charge is 2.21. The van der Waals surface area contributed by atoms with E-state index in [1.165, 1.54) is 37.8 Å². The molecule has 2 rings (SSSR count). The molecular weight excluding hydrogens is 215 g/mol. The smallest absolute Gasteiger partial charge is 0.126 e. The fraction of sp³-hybridized carbons (Fsp3) is 0.500. The van der Waals surface area contributed by atoms with Gasteiger partial charge in [0.1, 0.15) is 5.82 Å². The van der Waals surface area contributed by atoms with Crippen LogP contribution in [0.2, 0.25) is 0 Å². The van der Waals surface area contributed by atoms with Gasteiger partial charge >= 0.3 is 0 Å². The summed E-state index contributed by atoms with van der Waals surface area (Å²) in [6, 6.07) is 6.72. The molecule has 1 aromatic carbocycles. The lowest BCUT2D eigenvalue weighted by Gasteiger charge is -2.21. The van der Waals surface area contributed by atoms with Gasteiger partial charge in [0.2, 0.25) is 0 Å². The molecule has 0 spiro atoms. The number of benzene rings is 1. The highest BCUT2D eigenvalue weighted by atomic mass is 19.1. The van der Waals surface area contributed by atoms with E-state index >= 15 is 0 Å². The van der Waals surface area contributed by atoms with Crippen LogP contribution in [0.5, 0.6) is 0 Å². The van der Waals surface area contributed by atoms with E-state index in [0.717, 1.165) is 0 Å². The average molecular weight is 232 g/mol. The first-order valence-electron chi connectivity index (χ1n) is 6.16. The van der Waals surface area contributed by atoms with Crippen molar-refractivity contribution >= 4 is 5.69 Å². The lowest BCUT2D eigenvalue weighted by Crippen LogP contribution is -2.23. The van der Waals surface area contributed by atoms with Crippen molar-refractivity contribution < 1.29 is 4.39 Å². The van der Waals surface area contributed by atoms with Crippen molar-refractivity contribution in [1.29, 1.82) is 5.26 Å². The maximum absolute atomic E-state index is 13.3. The molecule has 0 saturated heterocycles. The molecule has 1 saturated carbocycles. The molecule has 1 N–H and O–H groups in total. The first-order chi connectivity index (χ1) is 8.19. The van der Waals surface area contributed by atoms with Crippen molar-refractivity contribution in [3.8, 4) is 6.07 Å². The summed E-state index contributed by atoms with van der Waals surface area (Å²) in [4.78, 5) is 0. The third-order valence-electron chi connectivity index (χ3n) is 3.53. The molecule has 1 atom stereocenters. The van der Waals surface area contributed by atoms with Crippen molar-refractivity contribution in [2.75, 3.05) is 5.32 Å². The Morgan fingerprint density at radius 1 is 1.35 bits per heavy atom. The third-order valence-corrected chi connectivity index (χ3v) is 3.53. The van der Waals surface area contributed by atoms with Crippen LogP contribution < -0.4 is 5.32 Å². The Labute approximate surface area is 101 Å². The quantitative estimate of drug-likeness (QED) is 0.862. The van der Waals surface area contributed by atoms with Gasteiger partial charge in [-0.3, -0.25) is 0 Å². The van der Waals surface area contributed by atoms with Crippen LogP contribution in [0.4, 0.5) is 10.1 Å². The van der Waals surface area contributed by atoms with Gasteiger partial charge in [0, 0.05) is 11.7 Å². The molecule has 1 fully saturated rings. The van der Waals surface area contributed by atoms with E-state index in [1.54, 1.807) is 6.07 Å². The Morgan fingerprint density at radius 2 is 2.06 bits per heavy atom. The van der Waals surface area contributed by atoms with Crippen LogP contribution in [-0.2, 0) is 0 Å². The summed E-state index contributed by atoms with van der Waals surface area (Å²) in [6.07, 6.45) is 5.08. The zero-order valence-corrected chi connectivity index (χ0v) is 10.0. The van der Waals surface area contributed by atoms with Crippen molar-refractivity contribution in [3.63, 3.8) is 0 Å². The molecule has 0 radical (unpaired) electrons. The minimum Gasteiger partial charge on any atom is -0.382 e. The molecule has 3 heteroatoms. The second-order valence-electron chi connectivity index (χ2n) is 4.82. The fourth-order valence-electron chi connectivity index (χ4n) is 2.58. The average Bonchev–Trinajstić information content (AvgIpc) is 2.81. The van der Waals surface area contributed by atoms with Crippen LogP contribution in [0.25, 0.3) is 0 Å². The van der Waals surface area contributed by atoms with Gasteiger partial charge in [-0.15, -0.1) is 0 Å². The molecule has 17 heavy (non-hydrogen) atoms. The van der Waals surface area contributed by atoms with Gasteiger partial charge in [-0.25, -0.2) is 4.39 Å². The van der Waals surface area contributed by atoms with E-state index < -0.39 is 0 Å². The Morgan fingerprint density at radius 3 is 2.71 bits per heavy atom. The second kappa shape index (κ2) is 5.18. The largest absolute Gasteiger partial charge is 0.382 e. The molecule has 0 aromatic heterocycles. The van der Waals surface area contributed by atoms with E-state index in [-0.39, 0.29) is 5.82 Å². The zero-order valence-electron chi connectivity index (χ0n) is 10.0. The molecule has 0 aliphatic heterocycles. The Bertz CT molecular complexity index is 430. The van der Waals surface area contributed by atoms with E-state index in [0.29, 0.717) is 23.2 Å². The Hall–Kier alpha value is -1.56. The molecule has 0 amide bonds. The Balaban J connectivity index is 2.07. The summed E-state index contributed by atoms with van der Waals surface area (Å²) in [6.45, 7) is 2.13. The number of nitriles is 1. The summed E-state index contributed by atoms with van der Waals surface area (Å²) in [7, 11) is 0. The van der Waals surface area contributed by atoms with Gasteiger partial charge in [-0.1, -0.05) is 12.8 Å².